The van der Waals surface area contributed by atoms with Crippen LogP contribution in [-0.2, 0) is 4.74 Å². The van der Waals surface area contributed by atoms with Crippen molar-refractivity contribution in [2.45, 2.75) is 38.3 Å². The monoisotopic (exact) mass is 291 g/mol. The maximum atomic E-state index is 14.0. The summed E-state index contributed by atoms with van der Waals surface area (Å²) in [5.74, 6) is -0.272. The number of hydrogen-bond donors (Lipinski definition) is 1. The quantitative estimate of drug-likeness (QED) is 0.935. The van der Waals surface area contributed by atoms with E-state index in [-0.39, 0.29) is 18.0 Å². The van der Waals surface area contributed by atoms with Crippen LogP contribution in [0.1, 0.15) is 26.2 Å². The third-order valence-electron chi connectivity index (χ3n) is 3.75. The van der Waals surface area contributed by atoms with Crippen molar-refractivity contribution in [3.63, 3.8) is 0 Å². The van der Waals surface area contributed by atoms with E-state index in [9.17, 15) is 4.39 Å². The van der Waals surface area contributed by atoms with Crippen LogP contribution in [0.3, 0.4) is 0 Å². The van der Waals surface area contributed by atoms with Crippen LogP contribution in [0.4, 0.5) is 10.1 Å². The summed E-state index contributed by atoms with van der Waals surface area (Å²) in [4.78, 5) is 0. The molecule has 1 aliphatic rings. The second-order valence-corrected chi connectivity index (χ2v) is 5.19. The number of ether oxygens (including phenoxy) is 1. The zero-order valence-corrected chi connectivity index (χ0v) is 11.9. The van der Waals surface area contributed by atoms with E-state index >= 15 is 0 Å². The summed E-state index contributed by atoms with van der Waals surface area (Å²) in [5, 5.41) is 14.3. The first-order valence-corrected chi connectivity index (χ1v) is 7.17. The fourth-order valence-electron chi connectivity index (χ4n) is 2.56. The molecule has 1 aliphatic heterocycles. The van der Waals surface area contributed by atoms with Crippen LogP contribution in [0.15, 0.2) is 24.5 Å². The molecule has 1 N–H and O–H groups in total. The van der Waals surface area contributed by atoms with Gasteiger partial charge in [0.25, 0.3) is 0 Å². The van der Waals surface area contributed by atoms with Gasteiger partial charge in [0.2, 0.25) is 0 Å². The minimum Gasteiger partial charge on any atom is -0.380 e. The topological polar surface area (TPSA) is 64.9 Å². The number of nitrogens with zero attached hydrogens (tertiary/aromatic N) is 4. The Morgan fingerprint density at radius 3 is 3.14 bits per heavy atom. The molecular formula is C14H18FN5O. The molecule has 0 amide bonds. The molecule has 3 rings (SSSR count). The SMILES string of the molecule is CCC1CC(Nc2cc(-n3cnnn3)ccc2F)CCO1. The molecule has 6 nitrogen and oxygen atoms in total. The van der Waals surface area contributed by atoms with Crippen LogP contribution in [0, 0.1) is 5.82 Å². The zero-order valence-electron chi connectivity index (χ0n) is 11.9. The molecule has 0 radical (unpaired) electrons. The lowest BCUT2D eigenvalue weighted by Crippen LogP contribution is -2.33. The number of nitrogens with one attached hydrogen (secondary N) is 1. The average Bonchev–Trinajstić information content (AvgIpc) is 3.04. The summed E-state index contributed by atoms with van der Waals surface area (Å²) in [6.07, 6.45) is 4.49. The molecule has 2 heterocycles. The van der Waals surface area contributed by atoms with E-state index in [0.29, 0.717) is 12.3 Å². The fourth-order valence-corrected chi connectivity index (χ4v) is 2.56. The number of benzene rings is 1. The third-order valence-corrected chi connectivity index (χ3v) is 3.75. The first-order valence-electron chi connectivity index (χ1n) is 7.17. The summed E-state index contributed by atoms with van der Waals surface area (Å²) < 4.78 is 21.1. The van der Waals surface area contributed by atoms with Crippen LogP contribution in [0.25, 0.3) is 5.69 Å². The minimum atomic E-state index is -0.272. The number of anilines is 1. The predicted octanol–water partition coefficient (Wildman–Crippen LogP) is 2.17. The Kier molecular flexibility index (Phi) is 4.10. The Morgan fingerprint density at radius 1 is 1.48 bits per heavy atom. The van der Waals surface area contributed by atoms with Gasteiger partial charge in [0.15, 0.2) is 0 Å². The summed E-state index contributed by atoms with van der Waals surface area (Å²) >= 11 is 0. The highest BCUT2D eigenvalue weighted by Gasteiger charge is 2.22. The number of hydrogen-bond acceptors (Lipinski definition) is 5. The molecule has 2 unspecified atom stereocenters. The fraction of sp³-hybridized carbons (Fsp3) is 0.500. The number of halogens is 1. The molecule has 7 heteroatoms. The second kappa shape index (κ2) is 6.17. The molecule has 21 heavy (non-hydrogen) atoms. The molecule has 112 valence electrons. The van der Waals surface area contributed by atoms with Crippen LogP contribution in [0.2, 0.25) is 0 Å². The zero-order chi connectivity index (χ0) is 14.7. The van der Waals surface area contributed by atoms with E-state index in [1.165, 1.54) is 17.1 Å². The lowest BCUT2D eigenvalue weighted by molar-refractivity contribution is 0.00921. The van der Waals surface area contributed by atoms with Gasteiger partial charge in [-0.25, -0.2) is 9.07 Å². The van der Waals surface area contributed by atoms with Crippen molar-refractivity contribution in [3.05, 3.63) is 30.3 Å². The van der Waals surface area contributed by atoms with Gasteiger partial charge >= 0.3 is 0 Å². The highest BCUT2D eigenvalue weighted by atomic mass is 19.1. The Labute approximate surface area is 122 Å². The third kappa shape index (κ3) is 3.18. The van der Waals surface area contributed by atoms with Gasteiger partial charge in [0.1, 0.15) is 12.1 Å². The molecular weight excluding hydrogens is 273 g/mol. The van der Waals surface area contributed by atoms with Gasteiger partial charge in [-0.05, 0) is 47.9 Å². The number of aromatic nitrogens is 4. The number of tetrazole rings is 1. The van der Waals surface area contributed by atoms with Gasteiger partial charge in [-0.1, -0.05) is 6.92 Å². The van der Waals surface area contributed by atoms with Gasteiger partial charge in [-0.2, -0.15) is 0 Å². The van der Waals surface area contributed by atoms with Gasteiger partial charge in [-0.3, -0.25) is 0 Å². The normalized spacial score (nSPS) is 22.2. The lowest BCUT2D eigenvalue weighted by Gasteiger charge is -2.30. The van der Waals surface area contributed by atoms with E-state index in [4.69, 9.17) is 4.74 Å². The van der Waals surface area contributed by atoms with E-state index < -0.39 is 0 Å². The van der Waals surface area contributed by atoms with Crippen molar-refractivity contribution in [3.8, 4) is 5.69 Å². The highest BCUT2D eigenvalue weighted by molar-refractivity contribution is 5.52. The summed E-state index contributed by atoms with van der Waals surface area (Å²) in [6, 6.07) is 5.02. The van der Waals surface area contributed by atoms with Gasteiger partial charge < -0.3 is 10.1 Å². The van der Waals surface area contributed by atoms with Gasteiger partial charge in [0, 0.05) is 12.6 Å². The van der Waals surface area contributed by atoms with Gasteiger partial charge in [0.05, 0.1) is 17.5 Å². The molecule has 1 aromatic carbocycles. The molecule has 1 aromatic heterocycles. The summed E-state index contributed by atoms with van der Waals surface area (Å²) in [5.41, 5.74) is 1.20. The molecule has 2 atom stereocenters. The Balaban J connectivity index is 1.77. The number of rotatable bonds is 4. The van der Waals surface area contributed by atoms with Crippen molar-refractivity contribution >= 4 is 5.69 Å². The maximum absolute atomic E-state index is 14.0. The molecule has 0 aliphatic carbocycles. The Morgan fingerprint density at radius 2 is 2.38 bits per heavy atom. The smallest absolute Gasteiger partial charge is 0.146 e. The van der Waals surface area contributed by atoms with E-state index in [2.05, 4.69) is 27.8 Å². The molecule has 1 fully saturated rings. The summed E-state index contributed by atoms with van der Waals surface area (Å²) in [6.45, 7) is 2.82. The highest BCUT2D eigenvalue weighted by Crippen LogP contribution is 2.24. The van der Waals surface area contributed by atoms with E-state index in [1.54, 1.807) is 12.1 Å². The van der Waals surface area contributed by atoms with E-state index in [0.717, 1.165) is 24.9 Å². The van der Waals surface area contributed by atoms with Crippen LogP contribution in [-0.4, -0.2) is 39.0 Å². The van der Waals surface area contributed by atoms with Crippen LogP contribution in [0.5, 0.6) is 0 Å². The van der Waals surface area contributed by atoms with Crippen LogP contribution >= 0.6 is 0 Å². The van der Waals surface area contributed by atoms with E-state index in [1.807, 2.05) is 0 Å². The first-order chi connectivity index (χ1) is 10.3. The maximum Gasteiger partial charge on any atom is 0.146 e. The standard InChI is InChI=1S/C14H18FN5O/c1-2-12-7-10(5-6-21-12)17-14-8-11(3-4-13(14)15)20-9-16-18-19-20/h3-4,8-10,12,17H,2,5-7H2,1H3. The average molecular weight is 291 g/mol. The molecule has 2 aromatic rings. The molecule has 0 bridgehead atoms. The minimum absolute atomic E-state index is 0.224. The Hall–Kier alpha value is -2.02. The lowest BCUT2D eigenvalue weighted by atomic mass is 10.0. The summed E-state index contributed by atoms with van der Waals surface area (Å²) in [7, 11) is 0. The van der Waals surface area contributed by atoms with Crippen molar-refractivity contribution in [2.75, 3.05) is 11.9 Å². The second-order valence-electron chi connectivity index (χ2n) is 5.19. The molecule has 0 spiro atoms. The van der Waals surface area contributed by atoms with Crippen molar-refractivity contribution < 1.29 is 9.13 Å². The van der Waals surface area contributed by atoms with Crippen molar-refractivity contribution in [1.29, 1.82) is 0 Å². The van der Waals surface area contributed by atoms with Crippen molar-refractivity contribution in [2.24, 2.45) is 0 Å². The molecule has 0 saturated carbocycles. The van der Waals surface area contributed by atoms with Gasteiger partial charge in [-0.15, -0.1) is 5.10 Å². The Bertz CT molecular complexity index is 589. The largest absolute Gasteiger partial charge is 0.380 e. The van der Waals surface area contributed by atoms with Crippen LogP contribution < -0.4 is 5.32 Å². The predicted molar refractivity (Wildman–Crippen MR) is 75.8 cm³/mol. The first kappa shape index (κ1) is 13.9. The molecule has 1 saturated heterocycles. The van der Waals surface area contributed by atoms with Crippen molar-refractivity contribution in [1.82, 2.24) is 20.2 Å².